The van der Waals surface area contributed by atoms with Gasteiger partial charge in [-0.2, -0.15) is 5.09 Å². The number of rotatable bonds is 9. The summed E-state index contributed by atoms with van der Waals surface area (Å²) in [5, 5.41) is 50.5. The molecule has 14 heteroatoms. The molecule has 0 spiro atoms. The van der Waals surface area contributed by atoms with Crippen molar-refractivity contribution in [2.45, 2.75) is 88.5 Å². The van der Waals surface area contributed by atoms with Crippen molar-refractivity contribution in [1.29, 1.82) is 0 Å². The van der Waals surface area contributed by atoms with Gasteiger partial charge in [0.25, 0.3) is 0 Å². The van der Waals surface area contributed by atoms with E-state index in [0.717, 1.165) is 0 Å². The third-order valence-corrected chi connectivity index (χ3v) is 8.41. The summed E-state index contributed by atoms with van der Waals surface area (Å²) < 4.78 is 39.2. The van der Waals surface area contributed by atoms with E-state index in [9.17, 15) is 29.8 Å². The Morgan fingerprint density at radius 3 is 1.95 bits per heavy atom. The van der Waals surface area contributed by atoms with Gasteiger partial charge in [-0.15, -0.1) is 0 Å². The molecular weight excluding hydrogens is 525 g/mol. The van der Waals surface area contributed by atoms with Gasteiger partial charge in [-0.05, 0) is 46.8 Å². The molecule has 2 saturated heterocycles. The van der Waals surface area contributed by atoms with Gasteiger partial charge >= 0.3 is 13.7 Å². The summed E-state index contributed by atoms with van der Waals surface area (Å²) in [6.45, 7) is 7.08. The minimum atomic E-state index is -4.03. The van der Waals surface area contributed by atoms with Crippen molar-refractivity contribution in [3.63, 3.8) is 0 Å². The Kier molecular flexibility index (Phi) is 11.3. The van der Waals surface area contributed by atoms with Crippen molar-refractivity contribution in [1.82, 2.24) is 5.09 Å². The number of methoxy groups -OCH3 is 1. The molecule has 1 aromatic carbocycles. The number of ether oxygens (including phenoxy) is 3. The molecule has 13 nitrogen and oxygen atoms in total. The second-order valence-corrected chi connectivity index (χ2v) is 11.4. The lowest BCUT2D eigenvalue weighted by atomic mass is 9.94. The van der Waals surface area contributed by atoms with Gasteiger partial charge in [0.1, 0.15) is 47.4 Å². The number of esters is 1. The second-order valence-electron chi connectivity index (χ2n) is 9.73. The Hall–Kier alpha value is -1.64. The highest BCUT2D eigenvalue weighted by Gasteiger charge is 2.51. The number of carbonyl (C=O) groups excluding carboxylic acids is 1. The number of aliphatic hydroxyl groups excluding tert-OH is 3. The van der Waals surface area contributed by atoms with E-state index < -0.39 is 67.6 Å². The van der Waals surface area contributed by atoms with Crippen LogP contribution in [0.25, 0.3) is 0 Å². The summed E-state index contributed by atoms with van der Waals surface area (Å²) in [7, 11) is -2.82. The lowest BCUT2D eigenvalue weighted by molar-refractivity contribution is -0.142. The van der Waals surface area contributed by atoms with Crippen LogP contribution >= 0.6 is 7.75 Å². The van der Waals surface area contributed by atoms with Crippen LogP contribution < -0.4 is 9.61 Å². The van der Waals surface area contributed by atoms with E-state index in [-0.39, 0.29) is 19.0 Å². The van der Waals surface area contributed by atoms with Gasteiger partial charge in [0.2, 0.25) is 0 Å². The lowest BCUT2D eigenvalue weighted by Gasteiger charge is -2.26. The molecule has 2 aliphatic rings. The van der Waals surface area contributed by atoms with Crippen LogP contribution in [-0.4, -0.2) is 106 Å². The number of benzene rings is 1. The van der Waals surface area contributed by atoms with Crippen molar-refractivity contribution in [2.75, 3.05) is 20.3 Å². The molecule has 0 radical (unpaired) electrons. The molecule has 6 N–H and O–H groups in total. The molecule has 2 heterocycles. The van der Waals surface area contributed by atoms with Gasteiger partial charge in [0.05, 0.1) is 32.5 Å². The zero-order valence-corrected chi connectivity index (χ0v) is 23.3. The SMILES string of the molecule is CC1O[C@H](CO)[C@@H](O)[C@@]1(C)O.COC(=O)[C@@H](C)NP(=O)(OC[C@H]1OC(C)[C@](C)(O)[C@@H]1O)Oc1ccccc1. The van der Waals surface area contributed by atoms with Gasteiger partial charge in [0, 0.05) is 0 Å². The van der Waals surface area contributed by atoms with Gasteiger partial charge in [-0.1, -0.05) is 18.2 Å². The lowest BCUT2D eigenvalue weighted by Crippen LogP contribution is -2.45. The van der Waals surface area contributed by atoms with Gasteiger partial charge in [-0.3, -0.25) is 9.32 Å². The van der Waals surface area contributed by atoms with E-state index >= 15 is 0 Å². The Balaban J connectivity index is 0.000000384. The molecule has 0 bridgehead atoms. The maximum Gasteiger partial charge on any atom is 0.459 e. The van der Waals surface area contributed by atoms with Crippen LogP contribution in [0.15, 0.2) is 30.3 Å². The fraction of sp³-hybridized carbons (Fsp3) is 0.708. The highest BCUT2D eigenvalue weighted by molar-refractivity contribution is 7.52. The van der Waals surface area contributed by atoms with Crippen LogP contribution in [0.5, 0.6) is 5.75 Å². The molecule has 1 aromatic rings. The number of para-hydroxylation sites is 1. The molecule has 0 aliphatic carbocycles. The minimum absolute atomic E-state index is 0.262. The van der Waals surface area contributed by atoms with E-state index in [1.165, 1.54) is 27.9 Å². The summed E-state index contributed by atoms with van der Waals surface area (Å²) in [5.41, 5.74) is -2.71. The highest BCUT2D eigenvalue weighted by Crippen LogP contribution is 2.46. The fourth-order valence-corrected chi connectivity index (χ4v) is 5.31. The maximum atomic E-state index is 13.2. The Morgan fingerprint density at radius 2 is 1.55 bits per heavy atom. The standard InChI is InChI=1S/C17H26NO8P.C7H14O4/c1-11(16(20)23-4)18-27(22,26-13-8-6-5-7-9-13)24-10-14-15(19)17(3,21)12(2)25-14;1-4-7(2,10)6(9)5(3-8)11-4/h5-9,11-12,14-15,19,21H,10H2,1-4H3,(H,18,22);4-6,8-10H,3H2,1-2H3/t11-,12?,14-,15-,17+,27?;4?,5-,6-,7+/m11/s1. The van der Waals surface area contributed by atoms with Crippen molar-refractivity contribution in [2.24, 2.45) is 0 Å². The molecular formula is C24H40NO12P. The normalized spacial score (nSPS) is 37.0. The number of nitrogens with one attached hydrogen (secondary N) is 1. The van der Waals surface area contributed by atoms with Crippen molar-refractivity contribution in [3.8, 4) is 5.75 Å². The van der Waals surface area contributed by atoms with E-state index in [1.54, 1.807) is 44.2 Å². The van der Waals surface area contributed by atoms with Crippen molar-refractivity contribution in [3.05, 3.63) is 30.3 Å². The monoisotopic (exact) mass is 565 g/mol. The maximum absolute atomic E-state index is 13.2. The van der Waals surface area contributed by atoms with Crippen LogP contribution in [0.3, 0.4) is 0 Å². The summed E-state index contributed by atoms with van der Waals surface area (Å²) in [5.74, 6) is -0.386. The van der Waals surface area contributed by atoms with Gasteiger partial charge in [-0.25, -0.2) is 4.57 Å². The summed E-state index contributed by atoms with van der Waals surface area (Å²) in [4.78, 5) is 11.7. The molecule has 218 valence electrons. The first-order valence-corrected chi connectivity index (χ1v) is 13.7. The molecule has 0 amide bonds. The van der Waals surface area contributed by atoms with E-state index in [1.807, 2.05) is 0 Å². The zero-order chi connectivity index (χ0) is 28.9. The topological polar surface area (TPSA) is 193 Å². The third kappa shape index (κ3) is 7.72. The van der Waals surface area contributed by atoms with E-state index in [2.05, 4.69) is 9.82 Å². The number of hydrogen-bond acceptors (Lipinski definition) is 12. The summed E-state index contributed by atoms with van der Waals surface area (Å²) in [6, 6.07) is 7.32. The largest absolute Gasteiger partial charge is 0.468 e. The Bertz CT molecular complexity index is 946. The second kappa shape index (κ2) is 13.1. The van der Waals surface area contributed by atoms with E-state index in [0.29, 0.717) is 0 Å². The highest BCUT2D eigenvalue weighted by atomic mass is 31.2. The molecule has 38 heavy (non-hydrogen) atoms. The molecule has 10 atom stereocenters. The molecule has 0 saturated carbocycles. The Labute approximate surface area is 222 Å². The summed E-state index contributed by atoms with van der Waals surface area (Å²) >= 11 is 0. The number of hydrogen-bond donors (Lipinski definition) is 6. The van der Waals surface area contributed by atoms with Crippen LogP contribution in [-0.2, 0) is 28.1 Å². The predicted octanol–water partition coefficient (Wildman–Crippen LogP) is 0.118. The quantitative estimate of drug-likeness (QED) is 0.175. The molecule has 3 unspecified atom stereocenters. The van der Waals surface area contributed by atoms with Crippen molar-refractivity contribution < 1.29 is 58.2 Å². The first-order valence-electron chi connectivity index (χ1n) is 12.2. The molecule has 2 aliphatic heterocycles. The predicted molar refractivity (Wildman–Crippen MR) is 134 cm³/mol. The first kappa shape index (κ1) is 32.6. The van der Waals surface area contributed by atoms with Gasteiger partial charge < -0.3 is 44.3 Å². The van der Waals surface area contributed by atoms with Gasteiger partial charge in [0.15, 0.2) is 0 Å². The van der Waals surface area contributed by atoms with Crippen LogP contribution in [0.1, 0.15) is 34.6 Å². The third-order valence-electron chi connectivity index (χ3n) is 6.77. The number of carbonyl (C=O) groups is 1. The fourth-order valence-electron chi connectivity index (χ4n) is 3.80. The van der Waals surface area contributed by atoms with Crippen molar-refractivity contribution >= 4 is 13.7 Å². The molecule has 0 aromatic heterocycles. The number of aliphatic hydroxyl groups is 5. The average molecular weight is 566 g/mol. The van der Waals surface area contributed by atoms with Crippen LogP contribution in [0, 0.1) is 0 Å². The Morgan fingerprint density at radius 1 is 1.05 bits per heavy atom. The zero-order valence-electron chi connectivity index (χ0n) is 22.4. The molecule has 3 rings (SSSR count). The molecule has 2 fully saturated rings. The summed E-state index contributed by atoms with van der Waals surface area (Å²) in [6.07, 6.45) is -4.89. The van der Waals surface area contributed by atoms with Crippen LogP contribution in [0.4, 0.5) is 0 Å². The van der Waals surface area contributed by atoms with Crippen LogP contribution in [0.2, 0.25) is 0 Å². The smallest absolute Gasteiger partial charge is 0.459 e. The minimum Gasteiger partial charge on any atom is -0.468 e. The first-order chi connectivity index (χ1) is 17.6. The van der Waals surface area contributed by atoms with E-state index in [4.69, 9.17) is 23.6 Å². The average Bonchev–Trinajstić information content (AvgIpc) is 3.19.